The Hall–Kier alpha value is -1.34. The SMILES string of the molecule is COC(=O)C(OC)(c1ccc(F)c(Cl)c1)C(F)(F)F. The van der Waals surface area contributed by atoms with Gasteiger partial charge in [0.15, 0.2) is 0 Å². The van der Waals surface area contributed by atoms with Gasteiger partial charge in [-0.3, -0.25) is 0 Å². The molecule has 19 heavy (non-hydrogen) atoms. The van der Waals surface area contributed by atoms with Crippen molar-refractivity contribution in [3.8, 4) is 0 Å². The molecule has 0 aliphatic carbocycles. The average molecular weight is 301 g/mol. The summed E-state index contributed by atoms with van der Waals surface area (Å²) >= 11 is 5.42. The van der Waals surface area contributed by atoms with Crippen molar-refractivity contribution in [2.24, 2.45) is 0 Å². The maximum absolute atomic E-state index is 13.2. The van der Waals surface area contributed by atoms with Crippen molar-refractivity contribution in [3.63, 3.8) is 0 Å². The molecule has 3 nitrogen and oxygen atoms in total. The minimum absolute atomic E-state index is 0.563. The van der Waals surface area contributed by atoms with E-state index in [0.717, 1.165) is 13.2 Å². The number of benzene rings is 1. The third-order valence-corrected chi connectivity index (χ3v) is 2.79. The maximum atomic E-state index is 13.2. The summed E-state index contributed by atoms with van der Waals surface area (Å²) in [4.78, 5) is 11.5. The zero-order valence-corrected chi connectivity index (χ0v) is 10.6. The monoisotopic (exact) mass is 300 g/mol. The van der Waals surface area contributed by atoms with Gasteiger partial charge >= 0.3 is 12.1 Å². The van der Waals surface area contributed by atoms with E-state index in [2.05, 4.69) is 9.47 Å². The van der Waals surface area contributed by atoms with Gasteiger partial charge in [0.05, 0.1) is 12.1 Å². The summed E-state index contributed by atoms with van der Waals surface area (Å²) in [6.45, 7) is 0. The highest BCUT2D eigenvalue weighted by Gasteiger charge is 2.64. The number of carbonyl (C=O) groups excluding carboxylic acids is 1. The van der Waals surface area contributed by atoms with E-state index in [9.17, 15) is 22.4 Å². The van der Waals surface area contributed by atoms with Crippen LogP contribution in [0.4, 0.5) is 17.6 Å². The van der Waals surface area contributed by atoms with Crippen molar-refractivity contribution < 1.29 is 31.8 Å². The Kier molecular flexibility index (Phi) is 4.42. The van der Waals surface area contributed by atoms with Gasteiger partial charge in [0.1, 0.15) is 5.82 Å². The minimum Gasteiger partial charge on any atom is -0.466 e. The second-order valence-corrected chi connectivity index (χ2v) is 3.91. The van der Waals surface area contributed by atoms with Crippen molar-refractivity contribution in [1.29, 1.82) is 0 Å². The highest BCUT2D eigenvalue weighted by molar-refractivity contribution is 6.30. The van der Waals surface area contributed by atoms with Gasteiger partial charge in [0, 0.05) is 12.7 Å². The molecule has 1 rings (SSSR count). The first-order chi connectivity index (χ1) is 8.70. The van der Waals surface area contributed by atoms with E-state index in [1.165, 1.54) is 0 Å². The molecule has 0 aliphatic rings. The Balaban J connectivity index is 3.55. The molecule has 0 aromatic heterocycles. The van der Waals surface area contributed by atoms with Gasteiger partial charge in [-0.05, 0) is 12.1 Å². The topological polar surface area (TPSA) is 35.5 Å². The zero-order valence-electron chi connectivity index (χ0n) is 9.85. The fourth-order valence-electron chi connectivity index (χ4n) is 1.57. The van der Waals surface area contributed by atoms with Gasteiger partial charge in [-0.25, -0.2) is 9.18 Å². The molecule has 8 heteroatoms. The maximum Gasteiger partial charge on any atom is 0.432 e. The molecule has 0 heterocycles. The van der Waals surface area contributed by atoms with Crippen LogP contribution in [0.15, 0.2) is 18.2 Å². The molecule has 0 spiro atoms. The largest absolute Gasteiger partial charge is 0.466 e. The van der Waals surface area contributed by atoms with Crippen LogP contribution in [0.1, 0.15) is 5.56 Å². The highest BCUT2D eigenvalue weighted by atomic mass is 35.5. The lowest BCUT2D eigenvalue weighted by Gasteiger charge is -2.31. The molecule has 0 saturated heterocycles. The second kappa shape index (κ2) is 5.34. The van der Waals surface area contributed by atoms with Crippen LogP contribution in [0.3, 0.4) is 0 Å². The van der Waals surface area contributed by atoms with E-state index in [4.69, 9.17) is 11.6 Å². The summed E-state index contributed by atoms with van der Waals surface area (Å²) < 4.78 is 61.0. The van der Waals surface area contributed by atoms with Crippen LogP contribution >= 0.6 is 11.6 Å². The van der Waals surface area contributed by atoms with Crippen molar-refractivity contribution in [3.05, 3.63) is 34.6 Å². The Bertz CT molecular complexity index is 489. The van der Waals surface area contributed by atoms with E-state index in [-0.39, 0.29) is 0 Å². The molecule has 1 unspecified atom stereocenters. The van der Waals surface area contributed by atoms with Crippen LogP contribution in [-0.2, 0) is 19.9 Å². The van der Waals surface area contributed by atoms with Crippen molar-refractivity contribution in [2.75, 3.05) is 14.2 Å². The van der Waals surface area contributed by atoms with Crippen LogP contribution < -0.4 is 0 Å². The molecule has 0 amide bonds. The number of hydrogen-bond acceptors (Lipinski definition) is 3. The number of methoxy groups -OCH3 is 2. The standard InChI is InChI=1S/C11H9ClF4O3/c1-18-9(17)10(19-2,11(14,15)16)6-3-4-8(13)7(12)5-6/h3-5H,1-2H3. The van der Waals surface area contributed by atoms with Crippen LogP contribution in [0.5, 0.6) is 0 Å². The summed E-state index contributed by atoms with van der Waals surface area (Å²) in [5, 5.41) is -0.563. The predicted molar refractivity (Wildman–Crippen MR) is 58.2 cm³/mol. The third kappa shape index (κ3) is 2.52. The molecule has 1 aromatic rings. The molecule has 0 bridgehead atoms. The van der Waals surface area contributed by atoms with Crippen molar-refractivity contribution in [1.82, 2.24) is 0 Å². The normalized spacial score (nSPS) is 14.9. The Labute approximate surface area is 111 Å². The molecule has 0 fully saturated rings. The number of ether oxygens (including phenoxy) is 2. The quantitative estimate of drug-likeness (QED) is 0.636. The van der Waals surface area contributed by atoms with E-state index in [1.807, 2.05) is 0 Å². The number of alkyl halides is 3. The summed E-state index contributed by atoms with van der Waals surface area (Å²) in [7, 11) is 1.48. The highest BCUT2D eigenvalue weighted by Crippen LogP contribution is 2.43. The zero-order chi connectivity index (χ0) is 14.8. The third-order valence-electron chi connectivity index (χ3n) is 2.50. The van der Waals surface area contributed by atoms with Gasteiger partial charge in [-0.2, -0.15) is 13.2 Å². The summed E-state index contributed by atoms with van der Waals surface area (Å²) in [5.74, 6) is -2.59. The lowest BCUT2D eigenvalue weighted by molar-refractivity contribution is -0.275. The molecule has 1 atom stereocenters. The Morgan fingerprint density at radius 1 is 1.26 bits per heavy atom. The van der Waals surface area contributed by atoms with Crippen molar-refractivity contribution in [2.45, 2.75) is 11.8 Å². The fraction of sp³-hybridized carbons (Fsp3) is 0.364. The Morgan fingerprint density at radius 2 is 1.84 bits per heavy atom. The van der Waals surface area contributed by atoms with E-state index in [1.54, 1.807) is 0 Å². The molecule has 1 aromatic carbocycles. The molecule has 0 radical (unpaired) electrons. The van der Waals surface area contributed by atoms with Crippen LogP contribution in [-0.4, -0.2) is 26.4 Å². The predicted octanol–water partition coefficient (Wildman–Crippen LogP) is 3.06. The number of halogens is 5. The number of hydrogen-bond donors (Lipinski definition) is 0. The van der Waals surface area contributed by atoms with Gasteiger partial charge in [0.25, 0.3) is 5.60 Å². The van der Waals surface area contributed by atoms with Crippen LogP contribution in [0.2, 0.25) is 5.02 Å². The molecular weight excluding hydrogens is 292 g/mol. The first-order valence-corrected chi connectivity index (χ1v) is 5.24. The Morgan fingerprint density at radius 3 is 2.21 bits per heavy atom. The van der Waals surface area contributed by atoms with Gasteiger partial charge < -0.3 is 9.47 Å². The van der Waals surface area contributed by atoms with Gasteiger partial charge in [-0.1, -0.05) is 17.7 Å². The number of carbonyl (C=O) groups is 1. The van der Waals surface area contributed by atoms with E-state index in [0.29, 0.717) is 19.2 Å². The fourth-order valence-corrected chi connectivity index (χ4v) is 1.75. The van der Waals surface area contributed by atoms with Gasteiger partial charge in [0.2, 0.25) is 0 Å². The molecule has 106 valence electrons. The first-order valence-electron chi connectivity index (χ1n) is 4.86. The van der Waals surface area contributed by atoms with Crippen LogP contribution in [0.25, 0.3) is 0 Å². The second-order valence-electron chi connectivity index (χ2n) is 3.50. The van der Waals surface area contributed by atoms with Gasteiger partial charge in [-0.15, -0.1) is 0 Å². The summed E-state index contributed by atoms with van der Waals surface area (Å²) in [6.07, 6.45) is -5.10. The number of esters is 1. The molecule has 0 saturated carbocycles. The lowest BCUT2D eigenvalue weighted by Crippen LogP contribution is -2.51. The average Bonchev–Trinajstić information content (AvgIpc) is 2.33. The lowest BCUT2D eigenvalue weighted by atomic mass is 9.92. The molecular formula is C11H9ClF4O3. The van der Waals surface area contributed by atoms with Crippen molar-refractivity contribution >= 4 is 17.6 Å². The van der Waals surface area contributed by atoms with E-state index >= 15 is 0 Å². The summed E-state index contributed by atoms with van der Waals surface area (Å²) in [5.41, 5.74) is -4.01. The first kappa shape index (κ1) is 15.7. The molecule has 0 aliphatic heterocycles. The summed E-state index contributed by atoms with van der Waals surface area (Å²) in [6, 6.07) is 2.14. The molecule has 0 N–H and O–H groups in total. The number of rotatable bonds is 3. The smallest absolute Gasteiger partial charge is 0.432 e. The minimum atomic E-state index is -5.10. The van der Waals surface area contributed by atoms with Crippen LogP contribution in [0, 0.1) is 5.82 Å². The van der Waals surface area contributed by atoms with E-state index < -0.39 is 34.1 Å².